The van der Waals surface area contributed by atoms with Crippen LogP contribution in [-0.4, -0.2) is 34.9 Å². The summed E-state index contributed by atoms with van der Waals surface area (Å²) in [6, 6.07) is 3.18. The maximum Gasteiger partial charge on any atom is 0.442 e. The van der Waals surface area contributed by atoms with E-state index in [0.717, 1.165) is 56.7 Å². The number of rotatable bonds is 14. The van der Waals surface area contributed by atoms with Gasteiger partial charge in [0.25, 0.3) is 0 Å². The van der Waals surface area contributed by atoms with Gasteiger partial charge in [-0.2, -0.15) is 13.2 Å². The lowest BCUT2D eigenvalue weighted by Crippen LogP contribution is -2.30. The summed E-state index contributed by atoms with van der Waals surface area (Å²) in [5, 5.41) is 24.1. The van der Waals surface area contributed by atoms with Crippen LogP contribution in [0.3, 0.4) is 0 Å². The molecule has 0 radical (unpaired) electrons. The van der Waals surface area contributed by atoms with Crippen molar-refractivity contribution in [3.05, 3.63) is 29.3 Å². The van der Waals surface area contributed by atoms with Crippen molar-refractivity contribution in [1.29, 1.82) is 0 Å². The third-order valence-electron chi connectivity index (χ3n) is 4.85. The van der Waals surface area contributed by atoms with Crippen molar-refractivity contribution < 1.29 is 37.7 Å². The second-order valence-electron chi connectivity index (χ2n) is 7.21. The van der Waals surface area contributed by atoms with E-state index in [4.69, 9.17) is 9.84 Å². The van der Waals surface area contributed by atoms with Gasteiger partial charge in [-0.3, -0.25) is 4.79 Å². The predicted octanol–water partition coefficient (Wildman–Crippen LogP) is 5.54. The van der Waals surface area contributed by atoms with Crippen molar-refractivity contribution in [3.63, 3.8) is 0 Å². The molecule has 2 N–H and O–H groups in total. The van der Waals surface area contributed by atoms with Crippen LogP contribution in [0.5, 0.6) is 5.75 Å². The molecule has 0 bridgehead atoms. The maximum absolute atomic E-state index is 13.2. The summed E-state index contributed by atoms with van der Waals surface area (Å²) < 4.78 is 44.9. The predicted molar refractivity (Wildman–Crippen MR) is 101 cm³/mol. The zero-order valence-electron chi connectivity index (χ0n) is 16.5. The smallest absolute Gasteiger partial charge is 0.442 e. The van der Waals surface area contributed by atoms with Gasteiger partial charge >= 0.3 is 23.8 Å². The van der Waals surface area contributed by atoms with E-state index in [0.29, 0.717) is 12.8 Å². The summed E-state index contributed by atoms with van der Waals surface area (Å²) >= 11 is 0. The van der Waals surface area contributed by atoms with Crippen molar-refractivity contribution in [2.24, 2.45) is 10.2 Å². The lowest BCUT2D eigenvalue weighted by Gasteiger charge is -2.17. The molecule has 0 aliphatic carbocycles. The van der Waals surface area contributed by atoms with Gasteiger partial charge in [0.2, 0.25) is 0 Å². The number of ether oxygens (including phenoxy) is 1. The van der Waals surface area contributed by atoms with Crippen molar-refractivity contribution in [2.45, 2.75) is 69.6 Å². The fraction of sp³-hybridized carbons (Fsp3) is 0.600. The third kappa shape index (κ3) is 6.43. The highest BCUT2D eigenvalue weighted by molar-refractivity contribution is 5.91. The van der Waals surface area contributed by atoms with E-state index in [1.54, 1.807) is 0 Å². The molecule has 1 aromatic rings. The quantitative estimate of drug-likeness (QED) is 0.377. The van der Waals surface area contributed by atoms with Crippen LogP contribution in [0, 0.1) is 0 Å². The molecule has 1 aliphatic heterocycles. The zero-order chi connectivity index (χ0) is 22.2. The molecule has 0 unspecified atom stereocenters. The molecule has 0 fully saturated rings. The number of carboxylic acid groups (broad SMARTS) is 2. The van der Waals surface area contributed by atoms with Crippen LogP contribution in [0.25, 0.3) is 0 Å². The standard InChI is InChI=1S/C20H25F3N2O5/c21-20(22,23)19(24-25-19)14-10-11-15(18(28)29)16(13-14)30-12-8-6-4-2-1-3-5-7-9-17(26)27/h10-11,13H,1-9,12H2,(H,26,27)(H,28,29). The Bertz CT molecular complexity index is 774. The van der Waals surface area contributed by atoms with E-state index in [1.807, 2.05) is 0 Å². The van der Waals surface area contributed by atoms with Crippen LogP contribution in [0.2, 0.25) is 0 Å². The number of nitrogens with zero attached hydrogens (tertiary/aromatic N) is 2. The van der Waals surface area contributed by atoms with E-state index in [1.165, 1.54) is 0 Å². The number of aromatic carboxylic acids is 1. The lowest BCUT2D eigenvalue weighted by molar-refractivity contribution is -0.166. The second-order valence-corrected chi connectivity index (χ2v) is 7.21. The Balaban J connectivity index is 1.75. The molecule has 0 saturated heterocycles. The molecule has 1 heterocycles. The summed E-state index contributed by atoms with van der Waals surface area (Å²) in [5.41, 5.74) is -3.09. The van der Waals surface area contributed by atoms with Gasteiger partial charge in [0.15, 0.2) is 0 Å². The minimum absolute atomic E-state index is 0.126. The van der Waals surface area contributed by atoms with Gasteiger partial charge in [-0.1, -0.05) is 44.6 Å². The van der Waals surface area contributed by atoms with E-state index in [2.05, 4.69) is 10.2 Å². The average molecular weight is 430 g/mol. The summed E-state index contributed by atoms with van der Waals surface area (Å²) in [6.45, 7) is 0.190. The normalized spacial score (nSPS) is 14.5. The number of carboxylic acids is 2. The Morgan fingerprint density at radius 3 is 2.00 bits per heavy atom. The van der Waals surface area contributed by atoms with Crippen molar-refractivity contribution in [3.8, 4) is 5.75 Å². The Morgan fingerprint density at radius 2 is 1.50 bits per heavy atom. The number of unbranched alkanes of at least 4 members (excludes halogenated alkanes) is 7. The molecule has 7 nitrogen and oxygen atoms in total. The molecular weight excluding hydrogens is 405 g/mol. The van der Waals surface area contributed by atoms with E-state index < -0.39 is 23.8 Å². The van der Waals surface area contributed by atoms with Crippen LogP contribution in [0.1, 0.15) is 73.7 Å². The summed E-state index contributed by atoms with van der Waals surface area (Å²) in [4.78, 5) is 21.7. The Kier molecular flexibility index (Phi) is 8.19. The molecule has 1 aliphatic rings. The van der Waals surface area contributed by atoms with Gasteiger partial charge in [0, 0.05) is 12.0 Å². The monoisotopic (exact) mass is 430 g/mol. The first-order valence-corrected chi connectivity index (χ1v) is 9.90. The van der Waals surface area contributed by atoms with Crippen LogP contribution >= 0.6 is 0 Å². The number of carbonyl (C=O) groups is 2. The molecule has 0 amide bonds. The van der Waals surface area contributed by atoms with E-state index in [-0.39, 0.29) is 29.9 Å². The van der Waals surface area contributed by atoms with E-state index >= 15 is 0 Å². The number of halogens is 3. The third-order valence-corrected chi connectivity index (χ3v) is 4.85. The average Bonchev–Trinajstić information content (AvgIpc) is 3.47. The van der Waals surface area contributed by atoms with Gasteiger partial charge in [-0.05, 0) is 25.0 Å². The summed E-state index contributed by atoms with van der Waals surface area (Å²) in [5.74, 6) is -2.19. The number of hydrogen-bond acceptors (Lipinski definition) is 5. The number of benzene rings is 1. The maximum atomic E-state index is 13.2. The molecule has 2 rings (SSSR count). The largest absolute Gasteiger partial charge is 0.493 e. The van der Waals surface area contributed by atoms with E-state index in [9.17, 15) is 27.9 Å². The van der Waals surface area contributed by atoms with Crippen molar-refractivity contribution in [2.75, 3.05) is 6.61 Å². The minimum atomic E-state index is -4.69. The molecule has 0 aromatic heterocycles. The van der Waals surface area contributed by atoms with Gasteiger partial charge < -0.3 is 14.9 Å². The van der Waals surface area contributed by atoms with Crippen molar-refractivity contribution >= 4 is 11.9 Å². The number of aliphatic carboxylic acids is 1. The molecule has 0 atom stereocenters. The van der Waals surface area contributed by atoms with Crippen LogP contribution < -0.4 is 4.74 Å². The zero-order valence-corrected chi connectivity index (χ0v) is 16.5. The second kappa shape index (κ2) is 10.4. The fourth-order valence-corrected chi connectivity index (χ4v) is 3.10. The molecule has 0 saturated carbocycles. The molecule has 166 valence electrons. The first-order chi connectivity index (χ1) is 14.2. The fourth-order valence-electron chi connectivity index (χ4n) is 3.10. The summed E-state index contributed by atoms with van der Waals surface area (Å²) in [6.07, 6.45) is 2.50. The molecule has 0 spiro atoms. The van der Waals surface area contributed by atoms with Gasteiger partial charge in [-0.25, -0.2) is 4.79 Å². The summed E-state index contributed by atoms with van der Waals surface area (Å²) in [7, 11) is 0. The highest BCUT2D eigenvalue weighted by atomic mass is 19.4. The Hall–Kier alpha value is -2.65. The lowest BCUT2D eigenvalue weighted by atomic mass is 10.0. The number of alkyl halides is 3. The van der Waals surface area contributed by atoms with Gasteiger partial charge in [-0.15, -0.1) is 10.2 Å². The Morgan fingerprint density at radius 1 is 0.933 bits per heavy atom. The SMILES string of the molecule is O=C(O)CCCCCCCCCCOc1cc(C2(C(F)(F)F)N=N2)ccc1C(=O)O. The first-order valence-electron chi connectivity index (χ1n) is 9.90. The molecule has 30 heavy (non-hydrogen) atoms. The number of hydrogen-bond donors (Lipinski definition) is 2. The van der Waals surface area contributed by atoms with Gasteiger partial charge in [0.05, 0.1) is 6.61 Å². The molecule has 10 heteroatoms. The van der Waals surface area contributed by atoms with Crippen molar-refractivity contribution in [1.82, 2.24) is 0 Å². The highest BCUT2D eigenvalue weighted by Gasteiger charge is 2.65. The first kappa shape index (κ1) is 23.6. The highest BCUT2D eigenvalue weighted by Crippen LogP contribution is 2.53. The Labute approximate surface area is 172 Å². The van der Waals surface area contributed by atoms with Crippen LogP contribution in [-0.2, 0) is 10.5 Å². The van der Waals surface area contributed by atoms with Crippen LogP contribution in [0.15, 0.2) is 28.4 Å². The minimum Gasteiger partial charge on any atom is -0.493 e. The molecule has 1 aromatic carbocycles. The van der Waals surface area contributed by atoms with Gasteiger partial charge in [0.1, 0.15) is 11.3 Å². The van der Waals surface area contributed by atoms with Crippen LogP contribution in [0.4, 0.5) is 13.2 Å². The topological polar surface area (TPSA) is 109 Å². The molecular formula is C20H25F3N2O5.